The Labute approximate surface area is 243 Å². The van der Waals surface area contributed by atoms with E-state index in [1.165, 1.54) is 6.08 Å². The third kappa shape index (κ3) is 4.59. The number of Topliss-reactive ketones (excluding diaryl/α,β-unsaturated/α-hetero) is 1. The van der Waals surface area contributed by atoms with Crippen molar-refractivity contribution < 1.29 is 33.8 Å². The number of unbranched alkanes of at least 4 members (excludes halogenated alkanes) is 2. The number of halogens is 1. The van der Waals surface area contributed by atoms with E-state index in [9.17, 15) is 24.3 Å². The van der Waals surface area contributed by atoms with E-state index in [1.54, 1.807) is 6.08 Å². The SMILES string of the molecule is CCCCC(=O)OCC(=O)C1(OC(=O)CCCC)C(C)CC2C3CCC4=CC(=O)C=CC4(C)C3(Cl)C(O)CC21C. The Balaban J connectivity index is 1.74. The van der Waals surface area contributed by atoms with Crippen LogP contribution < -0.4 is 0 Å². The van der Waals surface area contributed by atoms with E-state index in [-0.39, 0.29) is 42.8 Å². The largest absolute Gasteiger partial charge is 0.457 e. The second kappa shape index (κ2) is 11.4. The van der Waals surface area contributed by atoms with Crippen LogP contribution in [0.2, 0.25) is 0 Å². The number of alkyl halides is 1. The summed E-state index contributed by atoms with van der Waals surface area (Å²) >= 11 is 7.55. The van der Waals surface area contributed by atoms with Crippen LogP contribution in [0.5, 0.6) is 0 Å². The quantitative estimate of drug-likeness (QED) is 0.264. The number of aliphatic hydroxyl groups excluding tert-OH is 1. The molecule has 0 bridgehead atoms. The topological polar surface area (TPSA) is 107 Å². The molecule has 0 heterocycles. The smallest absolute Gasteiger partial charge is 0.306 e. The summed E-state index contributed by atoms with van der Waals surface area (Å²) in [5.74, 6) is -2.10. The van der Waals surface area contributed by atoms with E-state index in [2.05, 4.69) is 0 Å². The number of carbonyl (C=O) groups excluding carboxylic acids is 4. The number of aliphatic hydroxyl groups is 1. The minimum absolute atomic E-state index is 0.0760. The first-order valence-corrected chi connectivity index (χ1v) is 15.4. The molecular formula is C32H45ClO7. The fourth-order valence-corrected chi connectivity index (χ4v) is 9.12. The Morgan fingerprint density at radius 1 is 1.07 bits per heavy atom. The molecule has 0 saturated heterocycles. The predicted octanol–water partition coefficient (Wildman–Crippen LogP) is 5.65. The van der Waals surface area contributed by atoms with Crippen molar-refractivity contribution in [1.82, 2.24) is 0 Å². The van der Waals surface area contributed by atoms with Crippen LogP contribution >= 0.6 is 11.6 Å². The van der Waals surface area contributed by atoms with Crippen LogP contribution in [-0.4, -0.2) is 51.8 Å². The predicted molar refractivity (Wildman–Crippen MR) is 151 cm³/mol. The molecule has 3 saturated carbocycles. The molecular weight excluding hydrogens is 532 g/mol. The van der Waals surface area contributed by atoms with Gasteiger partial charge in [0.15, 0.2) is 18.0 Å². The Bertz CT molecular complexity index is 1110. The first kappa shape index (κ1) is 31.0. The number of allylic oxidation sites excluding steroid dienone is 4. The molecule has 0 aliphatic heterocycles. The molecule has 4 aliphatic rings. The molecule has 0 spiro atoms. The van der Waals surface area contributed by atoms with Gasteiger partial charge in [0.05, 0.1) is 11.0 Å². The highest BCUT2D eigenvalue weighted by molar-refractivity contribution is 6.26. The monoisotopic (exact) mass is 576 g/mol. The van der Waals surface area contributed by atoms with Crippen molar-refractivity contribution in [1.29, 1.82) is 0 Å². The summed E-state index contributed by atoms with van der Waals surface area (Å²) < 4.78 is 11.7. The molecule has 8 atom stereocenters. The molecule has 0 aromatic rings. The molecule has 0 amide bonds. The van der Waals surface area contributed by atoms with Crippen LogP contribution in [-0.2, 0) is 28.7 Å². The summed E-state index contributed by atoms with van der Waals surface area (Å²) in [6, 6.07) is 0. The maximum absolute atomic E-state index is 14.2. The summed E-state index contributed by atoms with van der Waals surface area (Å²) in [4.78, 5) is 50.8. The lowest BCUT2D eigenvalue weighted by Crippen LogP contribution is -2.69. The number of hydrogen-bond donors (Lipinski definition) is 1. The highest BCUT2D eigenvalue weighted by Gasteiger charge is 2.76. The molecule has 0 aromatic heterocycles. The zero-order valence-electron chi connectivity index (χ0n) is 24.6. The van der Waals surface area contributed by atoms with Gasteiger partial charge < -0.3 is 14.6 Å². The van der Waals surface area contributed by atoms with Crippen LogP contribution in [0.3, 0.4) is 0 Å². The normalized spacial score (nSPS) is 40.0. The van der Waals surface area contributed by atoms with Crippen molar-refractivity contribution >= 4 is 35.1 Å². The Morgan fingerprint density at radius 2 is 1.73 bits per heavy atom. The van der Waals surface area contributed by atoms with Gasteiger partial charge in [-0.05, 0) is 62.5 Å². The summed E-state index contributed by atoms with van der Waals surface area (Å²) in [6.45, 7) is 9.34. The van der Waals surface area contributed by atoms with Gasteiger partial charge >= 0.3 is 11.9 Å². The molecule has 8 unspecified atom stereocenters. The van der Waals surface area contributed by atoms with Gasteiger partial charge in [0, 0.05) is 29.6 Å². The van der Waals surface area contributed by atoms with Crippen LogP contribution in [0.15, 0.2) is 23.8 Å². The third-order valence-corrected chi connectivity index (χ3v) is 11.6. The lowest BCUT2D eigenvalue weighted by molar-refractivity contribution is -0.203. The van der Waals surface area contributed by atoms with Gasteiger partial charge in [0.2, 0.25) is 5.78 Å². The highest BCUT2D eigenvalue weighted by atomic mass is 35.5. The van der Waals surface area contributed by atoms with Gasteiger partial charge in [-0.25, -0.2) is 0 Å². The van der Waals surface area contributed by atoms with Crippen molar-refractivity contribution in [2.45, 2.75) is 115 Å². The Morgan fingerprint density at radius 3 is 2.38 bits per heavy atom. The summed E-state index contributed by atoms with van der Waals surface area (Å²) in [7, 11) is 0. The molecule has 0 aromatic carbocycles. The zero-order valence-corrected chi connectivity index (χ0v) is 25.4. The highest BCUT2D eigenvalue weighted by Crippen LogP contribution is 2.72. The molecule has 3 fully saturated rings. The molecule has 4 aliphatic carbocycles. The summed E-state index contributed by atoms with van der Waals surface area (Å²) in [5, 5.41) is 11.9. The van der Waals surface area contributed by atoms with Gasteiger partial charge in [-0.3, -0.25) is 19.2 Å². The Kier molecular flexibility index (Phi) is 8.79. The average Bonchev–Trinajstić information content (AvgIpc) is 3.12. The second-order valence-electron chi connectivity index (χ2n) is 12.9. The Hall–Kier alpha value is -1.99. The number of ketones is 2. The fraction of sp³-hybridized carbons (Fsp3) is 0.750. The van der Waals surface area contributed by atoms with E-state index in [0.717, 1.165) is 18.4 Å². The third-order valence-electron chi connectivity index (χ3n) is 10.7. The summed E-state index contributed by atoms with van der Waals surface area (Å²) in [5.41, 5.74) is -2.28. The minimum Gasteiger partial charge on any atom is -0.457 e. The lowest BCUT2D eigenvalue weighted by atomic mass is 9.45. The number of ether oxygens (including phenoxy) is 2. The molecule has 1 N–H and O–H groups in total. The van der Waals surface area contributed by atoms with Crippen molar-refractivity contribution in [2.24, 2.45) is 28.6 Å². The molecule has 222 valence electrons. The van der Waals surface area contributed by atoms with Crippen LogP contribution in [0.1, 0.15) is 98.8 Å². The van der Waals surface area contributed by atoms with E-state index >= 15 is 0 Å². The molecule has 0 radical (unpaired) electrons. The van der Waals surface area contributed by atoms with Crippen molar-refractivity contribution in [3.8, 4) is 0 Å². The minimum atomic E-state index is -1.55. The van der Waals surface area contributed by atoms with Crippen molar-refractivity contribution in [3.63, 3.8) is 0 Å². The first-order chi connectivity index (χ1) is 18.8. The molecule has 7 nitrogen and oxygen atoms in total. The number of carbonyl (C=O) groups is 4. The lowest BCUT2D eigenvalue weighted by Gasteiger charge is -2.64. The summed E-state index contributed by atoms with van der Waals surface area (Å²) in [6.07, 6.45) is 9.37. The fourth-order valence-electron chi connectivity index (χ4n) is 8.60. The maximum Gasteiger partial charge on any atom is 0.306 e. The van der Waals surface area contributed by atoms with E-state index in [1.807, 2.05) is 40.7 Å². The van der Waals surface area contributed by atoms with E-state index in [4.69, 9.17) is 21.1 Å². The number of hydrogen-bond acceptors (Lipinski definition) is 7. The van der Waals surface area contributed by atoms with Crippen LogP contribution in [0.25, 0.3) is 0 Å². The van der Waals surface area contributed by atoms with E-state index < -0.39 is 51.7 Å². The van der Waals surface area contributed by atoms with Gasteiger partial charge in [-0.1, -0.05) is 59.1 Å². The number of esters is 2. The van der Waals surface area contributed by atoms with Crippen LogP contribution in [0, 0.1) is 28.6 Å². The van der Waals surface area contributed by atoms with Crippen LogP contribution in [0.4, 0.5) is 0 Å². The maximum atomic E-state index is 14.2. The molecule has 4 rings (SSSR count). The van der Waals surface area contributed by atoms with Gasteiger partial charge in [0.25, 0.3) is 0 Å². The number of fused-ring (bicyclic) bond motifs is 5. The van der Waals surface area contributed by atoms with Crippen molar-refractivity contribution in [2.75, 3.05) is 6.61 Å². The van der Waals surface area contributed by atoms with Gasteiger partial charge in [-0.15, -0.1) is 11.6 Å². The second-order valence-corrected chi connectivity index (χ2v) is 13.5. The molecule has 8 heteroatoms. The van der Waals surface area contributed by atoms with E-state index in [0.29, 0.717) is 32.1 Å². The zero-order chi connectivity index (χ0) is 29.5. The standard InChI is InChI=1S/C32H45ClO7/c1-6-8-10-27(37)39-19-26(36)32(40-28(38)11-9-7-2)20(3)16-24-23-13-12-21-17-22(34)14-15-29(21,4)31(23,33)25(35)18-30(24,32)5/h14-15,17,20,23-25,35H,6-13,16,18-19H2,1-5H3. The van der Waals surface area contributed by atoms with Crippen molar-refractivity contribution in [3.05, 3.63) is 23.8 Å². The van der Waals surface area contributed by atoms with Gasteiger partial charge in [0.1, 0.15) is 0 Å². The van der Waals surface area contributed by atoms with Gasteiger partial charge in [-0.2, -0.15) is 0 Å². The number of rotatable bonds is 10. The first-order valence-electron chi connectivity index (χ1n) is 15.0. The average molecular weight is 577 g/mol. The molecule has 40 heavy (non-hydrogen) atoms.